The molecule has 0 saturated heterocycles. The molecule has 1 aromatic heterocycles. The Morgan fingerprint density at radius 2 is 1.58 bits per heavy atom. The average molecular weight is 317 g/mol. The number of hydrogen-bond acceptors (Lipinski definition) is 3. The molecule has 1 N–H and O–H groups in total. The number of anilines is 1. The van der Waals surface area contributed by atoms with E-state index >= 15 is 0 Å². The van der Waals surface area contributed by atoms with E-state index in [0.29, 0.717) is 0 Å². The van der Waals surface area contributed by atoms with Gasteiger partial charge in [0, 0.05) is 17.5 Å². The normalized spacial score (nSPS) is 15.5. The van der Waals surface area contributed by atoms with Crippen molar-refractivity contribution in [3.8, 4) is 11.4 Å². The van der Waals surface area contributed by atoms with Gasteiger partial charge in [-0.15, -0.1) is 0 Å². The van der Waals surface area contributed by atoms with E-state index in [9.17, 15) is 0 Å². The molecule has 1 heterocycles. The Labute approximate surface area is 143 Å². The Hall–Kier alpha value is -2.42. The largest absolute Gasteiger partial charge is 0.369 e. The minimum absolute atomic E-state index is 0.771. The summed E-state index contributed by atoms with van der Waals surface area (Å²) in [6, 6.07) is 18.5. The zero-order chi connectivity index (χ0) is 16.2. The molecule has 0 bridgehead atoms. The third-order valence-electron chi connectivity index (χ3n) is 4.92. The Bertz CT molecular complexity index is 808. The van der Waals surface area contributed by atoms with Crippen LogP contribution < -0.4 is 5.32 Å². The van der Waals surface area contributed by atoms with Gasteiger partial charge in [-0.05, 0) is 30.9 Å². The van der Waals surface area contributed by atoms with E-state index in [1.807, 2.05) is 24.3 Å². The maximum Gasteiger partial charge on any atom is 0.162 e. The second-order valence-corrected chi connectivity index (χ2v) is 6.66. The zero-order valence-corrected chi connectivity index (χ0v) is 13.9. The van der Waals surface area contributed by atoms with Gasteiger partial charge in [-0.3, -0.25) is 0 Å². The molecule has 2 aromatic carbocycles. The van der Waals surface area contributed by atoms with Gasteiger partial charge >= 0.3 is 0 Å². The third-order valence-corrected chi connectivity index (χ3v) is 4.92. The molecule has 1 aliphatic carbocycles. The maximum atomic E-state index is 4.83. The van der Waals surface area contributed by atoms with Crippen molar-refractivity contribution in [3.63, 3.8) is 0 Å². The van der Waals surface area contributed by atoms with E-state index in [4.69, 9.17) is 9.97 Å². The van der Waals surface area contributed by atoms with Gasteiger partial charge in [0.2, 0.25) is 0 Å². The molecule has 4 rings (SSSR count). The van der Waals surface area contributed by atoms with Crippen LogP contribution in [0.15, 0.2) is 54.6 Å². The van der Waals surface area contributed by atoms with E-state index in [1.165, 1.54) is 32.1 Å². The molecule has 0 radical (unpaired) electrons. The van der Waals surface area contributed by atoms with Crippen LogP contribution in [-0.2, 0) is 0 Å². The van der Waals surface area contributed by atoms with Crippen molar-refractivity contribution < 1.29 is 0 Å². The molecule has 1 saturated carbocycles. The van der Waals surface area contributed by atoms with Crippen LogP contribution >= 0.6 is 0 Å². The predicted octanol–water partition coefficient (Wildman–Crippen LogP) is 5.29. The van der Waals surface area contributed by atoms with Crippen LogP contribution in [0.1, 0.15) is 32.1 Å². The number of rotatable bonds is 4. The third kappa shape index (κ3) is 3.25. The fourth-order valence-electron chi connectivity index (χ4n) is 3.56. The molecule has 0 atom stereocenters. The maximum absolute atomic E-state index is 4.83. The number of aromatic nitrogens is 2. The summed E-state index contributed by atoms with van der Waals surface area (Å²) in [6.45, 7) is 1.01. The number of hydrogen-bond donors (Lipinski definition) is 1. The van der Waals surface area contributed by atoms with Gasteiger partial charge in [0.15, 0.2) is 5.82 Å². The molecule has 24 heavy (non-hydrogen) atoms. The highest BCUT2D eigenvalue weighted by Gasteiger charge is 2.15. The van der Waals surface area contributed by atoms with Gasteiger partial charge in [0.25, 0.3) is 0 Å². The van der Waals surface area contributed by atoms with Crippen molar-refractivity contribution in [3.05, 3.63) is 54.6 Å². The molecular weight excluding hydrogens is 294 g/mol. The molecular formula is C21H23N3. The Balaban J connectivity index is 1.67. The van der Waals surface area contributed by atoms with Gasteiger partial charge in [-0.25, -0.2) is 9.97 Å². The number of fused-ring (bicyclic) bond motifs is 1. The Morgan fingerprint density at radius 3 is 2.42 bits per heavy atom. The monoisotopic (exact) mass is 317 g/mol. The van der Waals surface area contributed by atoms with Gasteiger partial charge in [0.05, 0.1) is 5.52 Å². The van der Waals surface area contributed by atoms with Crippen molar-refractivity contribution in [2.75, 3.05) is 11.9 Å². The summed E-state index contributed by atoms with van der Waals surface area (Å²) in [6.07, 6.45) is 6.80. The highest BCUT2D eigenvalue weighted by atomic mass is 15.0. The van der Waals surface area contributed by atoms with Crippen LogP contribution in [0.25, 0.3) is 22.3 Å². The van der Waals surface area contributed by atoms with E-state index in [1.54, 1.807) is 0 Å². The lowest BCUT2D eigenvalue weighted by molar-refractivity contribution is 0.373. The summed E-state index contributed by atoms with van der Waals surface area (Å²) in [5, 5.41) is 4.72. The van der Waals surface area contributed by atoms with Crippen molar-refractivity contribution in [2.45, 2.75) is 32.1 Å². The highest BCUT2D eigenvalue weighted by molar-refractivity contribution is 5.90. The van der Waals surface area contributed by atoms with Crippen LogP contribution in [-0.4, -0.2) is 16.5 Å². The number of benzene rings is 2. The molecule has 0 amide bonds. The smallest absolute Gasteiger partial charge is 0.162 e. The molecule has 122 valence electrons. The highest BCUT2D eigenvalue weighted by Crippen LogP contribution is 2.27. The predicted molar refractivity (Wildman–Crippen MR) is 100 cm³/mol. The summed E-state index contributed by atoms with van der Waals surface area (Å²) >= 11 is 0. The molecule has 1 fully saturated rings. The summed E-state index contributed by atoms with van der Waals surface area (Å²) in [5.41, 5.74) is 2.06. The topological polar surface area (TPSA) is 37.8 Å². The van der Waals surface area contributed by atoms with Gasteiger partial charge in [-0.1, -0.05) is 61.7 Å². The fraction of sp³-hybridized carbons (Fsp3) is 0.333. The van der Waals surface area contributed by atoms with Crippen LogP contribution in [0.4, 0.5) is 5.82 Å². The first kappa shape index (κ1) is 15.1. The molecule has 0 unspecified atom stereocenters. The van der Waals surface area contributed by atoms with Crippen LogP contribution in [0.5, 0.6) is 0 Å². The lowest BCUT2D eigenvalue weighted by atomic mass is 9.89. The van der Waals surface area contributed by atoms with E-state index in [-0.39, 0.29) is 0 Å². The second kappa shape index (κ2) is 7.00. The lowest BCUT2D eigenvalue weighted by Crippen LogP contribution is -2.18. The van der Waals surface area contributed by atoms with Crippen molar-refractivity contribution in [1.82, 2.24) is 9.97 Å². The van der Waals surface area contributed by atoms with Crippen molar-refractivity contribution in [2.24, 2.45) is 5.92 Å². The Kier molecular flexibility index (Phi) is 4.41. The fourth-order valence-corrected chi connectivity index (χ4v) is 3.56. The summed E-state index contributed by atoms with van der Waals surface area (Å²) < 4.78 is 0. The standard InChI is InChI=1S/C21H23N3/c1-3-9-16(10-4-1)15-22-21-18-13-7-8-14-19(18)23-20(24-21)17-11-5-2-6-12-17/h2,5-8,11-14,16H,1,3-4,9-10,15H2,(H,22,23,24). The number of nitrogens with zero attached hydrogens (tertiary/aromatic N) is 2. The van der Waals surface area contributed by atoms with Crippen LogP contribution in [0, 0.1) is 5.92 Å². The number of para-hydroxylation sites is 1. The Morgan fingerprint density at radius 1 is 0.833 bits per heavy atom. The molecule has 0 spiro atoms. The van der Waals surface area contributed by atoms with Gasteiger partial charge in [-0.2, -0.15) is 0 Å². The average Bonchev–Trinajstić information content (AvgIpc) is 2.67. The van der Waals surface area contributed by atoms with Gasteiger partial charge < -0.3 is 5.32 Å². The summed E-state index contributed by atoms with van der Waals surface area (Å²) in [7, 11) is 0. The van der Waals surface area contributed by atoms with Crippen LogP contribution in [0.3, 0.4) is 0 Å². The van der Waals surface area contributed by atoms with E-state index in [0.717, 1.165) is 40.6 Å². The van der Waals surface area contributed by atoms with Crippen LogP contribution in [0.2, 0.25) is 0 Å². The quantitative estimate of drug-likeness (QED) is 0.710. The molecule has 3 aromatic rings. The van der Waals surface area contributed by atoms with E-state index < -0.39 is 0 Å². The molecule has 1 aliphatic rings. The zero-order valence-electron chi connectivity index (χ0n) is 13.9. The number of nitrogens with one attached hydrogen (secondary N) is 1. The minimum atomic E-state index is 0.771. The molecule has 3 nitrogen and oxygen atoms in total. The minimum Gasteiger partial charge on any atom is -0.369 e. The molecule has 3 heteroatoms. The second-order valence-electron chi connectivity index (χ2n) is 6.66. The first-order valence-electron chi connectivity index (χ1n) is 8.96. The molecule has 0 aliphatic heterocycles. The first-order chi connectivity index (χ1) is 11.9. The summed E-state index contributed by atoms with van der Waals surface area (Å²) in [5.74, 6) is 2.53. The first-order valence-corrected chi connectivity index (χ1v) is 8.96. The van der Waals surface area contributed by atoms with Crippen molar-refractivity contribution >= 4 is 16.7 Å². The van der Waals surface area contributed by atoms with Crippen molar-refractivity contribution in [1.29, 1.82) is 0 Å². The van der Waals surface area contributed by atoms with E-state index in [2.05, 4.69) is 35.6 Å². The summed E-state index contributed by atoms with van der Waals surface area (Å²) in [4.78, 5) is 9.58. The van der Waals surface area contributed by atoms with Gasteiger partial charge in [0.1, 0.15) is 5.82 Å². The SMILES string of the molecule is c1ccc(-c2nc(NCC3CCCCC3)c3ccccc3n2)cc1. The lowest BCUT2D eigenvalue weighted by Gasteiger charge is -2.22.